The lowest BCUT2D eigenvalue weighted by atomic mass is 10.1. The Bertz CT molecular complexity index is 1140. The molecule has 0 aliphatic carbocycles. The Balaban J connectivity index is 1.42. The van der Waals surface area contributed by atoms with Crippen LogP contribution in [-0.4, -0.2) is 48.8 Å². The van der Waals surface area contributed by atoms with Crippen LogP contribution in [0, 0.1) is 0 Å². The molecule has 1 N–H and O–H groups in total. The summed E-state index contributed by atoms with van der Waals surface area (Å²) in [7, 11) is 1.57. The highest BCUT2D eigenvalue weighted by Crippen LogP contribution is 2.36. The fraction of sp³-hybridized carbons (Fsp3) is 0.261. The smallest absolute Gasteiger partial charge is 0.262 e. The van der Waals surface area contributed by atoms with Crippen LogP contribution in [0.15, 0.2) is 69.7 Å². The molecule has 2 amide bonds. The van der Waals surface area contributed by atoms with Crippen LogP contribution < -0.4 is 15.0 Å². The summed E-state index contributed by atoms with van der Waals surface area (Å²) in [5, 5.41) is 10.8. The van der Waals surface area contributed by atoms with Crippen molar-refractivity contribution in [2.75, 3.05) is 25.0 Å². The van der Waals surface area contributed by atoms with Crippen LogP contribution in [0.4, 0.5) is 5.69 Å². The minimum atomic E-state index is -0.702. The summed E-state index contributed by atoms with van der Waals surface area (Å²) in [6.07, 6.45) is 1.49. The summed E-state index contributed by atoms with van der Waals surface area (Å²) >= 11 is 1.59. The third kappa shape index (κ3) is 3.75. The second-order valence-corrected chi connectivity index (χ2v) is 8.51. The number of nitrogens with one attached hydrogen (secondary N) is 1. The molecule has 2 aliphatic heterocycles. The van der Waals surface area contributed by atoms with E-state index in [1.165, 1.54) is 5.01 Å². The largest absolute Gasteiger partial charge is 0.477 e. The number of benzene rings is 1. The molecular weight excluding hydrogens is 428 g/mol. The predicted molar refractivity (Wildman–Crippen MR) is 121 cm³/mol. The monoisotopic (exact) mass is 450 g/mol. The lowest BCUT2D eigenvalue weighted by Crippen LogP contribution is -2.50. The summed E-state index contributed by atoms with van der Waals surface area (Å²) < 4.78 is 11.5. The molecule has 0 unspecified atom stereocenters. The van der Waals surface area contributed by atoms with Gasteiger partial charge in [-0.3, -0.25) is 9.59 Å². The van der Waals surface area contributed by atoms with E-state index in [4.69, 9.17) is 9.15 Å². The third-order valence-corrected chi connectivity index (χ3v) is 6.49. The number of furan rings is 1. The van der Waals surface area contributed by atoms with E-state index in [-0.39, 0.29) is 30.9 Å². The maximum atomic E-state index is 13.5. The number of likely N-dealkylation sites (N-methyl/N-ethyl adjacent to an activating group) is 1. The first-order valence-corrected chi connectivity index (χ1v) is 11.2. The van der Waals surface area contributed by atoms with Crippen molar-refractivity contribution in [3.63, 3.8) is 0 Å². The number of ether oxygens (including phenoxy) is 1. The van der Waals surface area contributed by atoms with Gasteiger partial charge in [-0.1, -0.05) is 18.2 Å². The highest BCUT2D eigenvalue weighted by atomic mass is 32.1. The molecule has 4 heterocycles. The predicted octanol–water partition coefficient (Wildman–Crippen LogP) is 3.03. The number of hydrazone groups is 1. The van der Waals surface area contributed by atoms with Crippen LogP contribution in [-0.2, 0) is 9.59 Å². The van der Waals surface area contributed by atoms with Gasteiger partial charge in [0.25, 0.3) is 11.8 Å². The molecule has 2 aromatic heterocycles. The SMILES string of the molecule is CNC(=O)[C@@H]1CN(CC(=O)N2N=C(c3cccs3)C[C@@H]2c2ccco2)c2ccccc2O1. The molecule has 32 heavy (non-hydrogen) atoms. The molecule has 0 saturated heterocycles. The summed E-state index contributed by atoms with van der Waals surface area (Å²) in [5.74, 6) is 0.862. The van der Waals surface area contributed by atoms with Gasteiger partial charge in [-0.25, -0.2) is 5.01 Å². The van der Waals surface area contributed by atoms with Crippen molar-refractivity contribution >= 4 is 34.6 Å². The van der Waals surface area contributed by atoms with Crippen molar-refractivity contribution in [2.24, 2.45) is 5.10 Å². The molecule has 2 atom stereocenters. The van der Waals surface area contributed by atoms with Crippen LogP contribution in [0.1, 0.15) is 23.1 Å². The van der Waals surface area contributed by atoms with Crippen molar-refractivity contribution in [1.29, 1.82) is 0 Å². The molecule has 0 fully saturated rings. The Kier molecular flexibility index (Phi) is 5.40. The first kappa shape index (κ1) is 20.3. The molecule has 0 saturated carbocycles. The van der Waals surface area contributed by atoms with E-state index in [1.54, 1.807) is 30.7 Å². The maximum absolute atomic E-state index is 13.5. The van der Waals surface area contributed by atoms with Crippen LogP contribution in [0.25, 0.3) is 0 Å². The lowest BCUT2D eigenvalue weighted by Gasteiger charge is -2.35. The summed E-state index contributed by atoms with van der Waals surface area (Å²) in [6, 6.07) is 14.8. The van der Waals surface area contributed by atoms with E-state index in [9.17, 15) is 9.59 Å². The number of amides is 2. The number of carbonyl (C=O) groups excluding carboxylic acids is 2. The van der Waals surface area contributed by atoms with E-state index >= 15 is 0 Å². The second kappa shape index (κ2) is 8.51. The van der Waals surface area contributed by atoms with E-state index in [2.05, 4.69) is 10.4 Å². The fourth-order valence-electron chi connectivity index (χ4n) is 4.02. The quantitative estimate of drug-likeness (QED) is 0.646. The molecule has 8 nitrogen and oxygen atoms in total. The van der Waals surface area contributed by atoms with Crippen molar-refractivity contribution in [1.82, 2.24) is 10.3 Å². The zero-order valence-corrected chi connectivity index (χ0v) is 18.2. The Morgan fingerprint density at radius 3 is 2.81 bits per heavy atom. The van der Waals surface area contributed by atoms with Gasteiger partial charge in [0, 0.05) is 13.5 Å². The normalized spacial score (nSPS) is 19.8. The van der Waals surface area contributed by atoms with Gasteiger partial charge in [-0.15, -0.1) is 11.3 Å². The number of hydrogen-bond acceptors (Lipinski definition) is 7. The number of thiophene rings is 1. The van der Waals surface area contributed by atoms with Crippen LogP contribution >= 0.6 is 11.3 Å². The number of rotatable bonds is 5. The van der Waals surface area contributed by atoms with Crippen LogP contribution in [0.5, 0.6) is 5.75 Å². The molecule has 3 aromatic rings. The van der Waals surface area contributed by atoms with Crippen molar-refractivity contribution in [3.8, 4) is 5.75 Å². The molecule has 164 valence electrons. The first-order chi connectivity index (χ1) is 15.6. The molecule has 9 heteroatoms. The number of carbonyl (C=O) groups is 2. The third-order valence-electron chi connectivity index (χ3n) is 5.57. The van der Waals surface area contributed by atoms with Crippen molar-refractivity contribution in [3.05, 3.63) is 70.8 Å². The number of para-hydroxylation sites is 2. The standard InChI is InChI=1S/C23H22N4O4S/c1-24-23(29)20-13-26(16-6-2-3-7-19(16)31-20)14-22(28)27-17(18-8-4-10-30-18)12-15(25-27)21-9-5-11-32-21/h2-11,17,20H,12-14H2,1H3,(H,24,29)/t17-,20+/m1/s1. The number of fused-ring (bicyclic) bond motifs is 1. The van der Waals surface area contributed by atoms with Gasteiger partial charge < -0.3 is 19.4 Å². The summed E-state index contributed by atoms with van der Waals surface area (Å²) in [6.45, 7) is 0.329. The number of hydrogen-bond donors (Lipinski definition) is 1. The summed E-state index contributed by atoms with van der Waals surface area (Å²) in [5.41, 5.74) is 1.64. The Morgan fingerprint density at radius 2 is 2.06 bits per heavy atom. The van der Waals surface area contributed by atoms with Crippen LogP contribution in [0.2, 0.25) is 0 Å². The van der Waals surface area contributed by atoms with Crippen molar-refractivity contribution in [2.45, 2.75) is 18.6 Å². The lowest BCUT2D eigenvalue weighted by molar-refractivity contribution is -0.132. The highest BCUT2D eigenvalue weighted by molar-refractivity contribution is 7.12. The Hall–Kier alpha value is -3.59. The molecule has 0 spiro atoms. The van der Waals surface area contributed by atoms with Gasteiger partial charge >= 0.3 is 0 Å². The van der Waals surface area contributed by atoms with Crippen molar-refractivity contribution < 1.29 is 18.7 Å². The minimum absolute atomic E-state index is 0.0618. The fourth-order valence-corrected chi connectivity index (χ4v) is 4.75. The van der Waals surface area contributed by atoms with E-state index < -0.39 is 6.10 Å². The van der Waals surface area contributed by atoms with Crippen LogP contribution in [0.3, 0.4) is 0 Å². The topological polar surface area (TPSA) is 87.4 Å². The van der Waals surface area contributed by atoms with E-state index in [1.807, 2.05) is 52.7 Å². The average Bonchev–Trinajstić information content (AvgIpc) is 3.59. The molecule has 1 aromatic carbocycles. The van der Waals surface area contributed by atoms with E-state index in [0.29, 0.717) is 17.9 Å². The molecular formula is C23H22N4O4S. The zero-order valence-electron chi connectivity index (χ0n) is 17.4. The summed E-state index contributed by atoms with van der Waals surface area (Å²) in [4.78, 5) is 28.7. The van der Waals surface area contributed by atoms with Gasteiger partial charge in [0.15, 0.2) is 6.10 Å². The van der Waals surface area contributed by atoms with Gasteiger partial charge in [-0.2, -0.15) is 5.10 Å². The van der Waals surface area contributed by atoms with E-state index in [0.717, 1.165) is 16.3 Å². The van der Waals surface area contributed by atoms with Gasteiger partial charge in [-0.05, 0) is 35.7 Å². The molecule has 5 rings (SSSR count). The minimum Gasteiger partial charge on any atom is -0.477 e. The number of nitrogens with zero attached hydrogens (tertiary/aromatic N) is 3. The zero-order chi connectivity index (χ0) is 22.1. The first-order valence-electron chi connectivity index (χ1n) is 10.3. The average molecular weight is 451 g/mol. The second-order valence-electron chi connectivity index (χ2n) is 7.57. The van der Waals surface area contributed by atoms with Gasteiger partial charge in [0.1, 0.15) is 17.6 Å². The Morgan fingerprint density at radius 1 is 1.19 bits per heavy atom. The molecule has 0 bridgehead atoms. The molecule has 0 radical (unpaired) electrons. The highest BCUT2D eigenvalue weighted by Gasteiger charge is 2.37. The maximum Gasteiger partial charge on any atom is 0.262 e. The molecule has 2 aliphatic rings. The number of anilines is 1. The van der Waals surface area contributed by atoms with Gasteiger partial charge in [0.2, 0.25) is 0 Å². The Labute approximate surface area is 189 Å². The van der Waals surface area contributed by atoms with Gasteiger partial charge in [0.05, 0.1) is 35.6 Å².